The van der Waals surface area contributed by atoms with Gasteiger partial charge in [0.2, 0.25) is 0 Å². The van der Waals surface area contributed by atoms with Crippen molar-refractivity contribution in [2.45, 2.75) is 52.4 Å². The van der Waals surface area contributed by atoms with Gasteiger partial charge in [0.1, 0.15) is 22.1 Å². The highest BCUT2D eigenvalue weighted by molar-refractivity contribution is 7.17. The number of fused-ring (bicyclic) bond motifs is 2. The maximum Gasteiger partial charge on any atom is 0.256 e. The average molecular weight is 515 g/mol. The standard InChI is InChI=1S/C28H26N4O2S2/c1-15-3-9-19-21(13-29)27(35-23(19)11-15)31-25(33)17-5-7-18(8-6-17)26(34)32-28-22(14-30)20-10-4-16(2)12-24(20)36-28/h5-8,15-16H,3-4,9-12H2,1-2H3,(H,31,33)(H,32,34). The quantitative estimate of drug-likeness (QED) is 0.426. The van der Waals surface area contributed by atoms with Gasteiger partial charge in [-0.1, -0.05) is 13.8 Å². The van der Waals surface area contributed by atoms with Crippen LogP contribution in [0.4, 0.5) is 10.0 Å². The Balaban J connectivity index is 1.29. The van der Waals surface area contributed by atoms with Crippen molar-refractivity contribution in [1.82, 2.24) is 0 Å². The van der Waals surface area contributed by atoms with Crippen LogP contribution in [0.5, 0.6) is 0 Å². The monoisotopic (exact) mass is 514 g/mol. The zero-order chi connectivity index (χ0) is 25.4. The third kappa shape index (κ3) is 4.55. The van der Waals surface area contributed by atoms with Crippen LogP contribution in [0.2, 0.25) is 0 Å². The van der Waals surface area contributed by atoms with Crippen LogP contribution in [0.25, 0.3) is 0 Å². The molecule has 0 spiro atoms. The SMILES string of the molecule is CC1CCc2c(sc(NC(=O)c3ccc(C(=O)Nc4sc5c(c4C#N)CCC(C)C5)cc3)c2C#N)C1. The Hall–Kier alpha value is -3.46. The Labute approximate surface area is 218 Å². The predicted octanol–water partition coefficient (Wildman–Crippen LogP) is 6.31. The molecule has 0 aliphatic heterocycles. The summed E-state index contributed by atoms with van der Waals surface area (Å²) >= 11 is 2.99. The zero-order valence-electron chi connectivity index (χ0n) is 20.2. The zero-order valence-corrected chi connectivity index (χ0v) is 21.9. The number of nitriles is 2. The highest BCUT2D eigenvalue weighted by Gasteiger charge is 2.26. The van der Waals surface area contributed by atoms with Crippen molar-refractivity contribution in [3.63, 3.8) is 0 Å². The third-order valence-electron chi connectivity index (χ3n) is 7.11. The van der Waals surface area contributed by atoms with Gasteiger partial charge in [-0.15, -0.1) is 22.7 Å². The molecule has 0 saturated heterocycles. The normalized spacial score (nSPS) is 18.3. The molecule has 0 bridgehead atoms. The molecule has 5 rings (SSSR count). The van der Waals surface area contributed by atoms with E-state index >= 15 is 0 Å². The lowest BCUT2D eigenvalue weighted by molar-refractivity contribution is 0.101. The molecule has 2 N–H and O–H groups in total. The molecular weight excluding hydrogens is 488 g/mol. The van der Waals surface area contributed by atoms with Crippen LogP contribution in [-0.2, 0) is 25.7 Å². The molecule has 1 aromatic carbocycles. The van der Waals surface area contributed by atoms with Crippen LogP contribution in [0.1, 0.15) is 79.4 Å². The fourth-order valence-electron chi connectivity index (χ4n) is 5.04. The molecule has 182 valence electrons. The van der Waals surface area contributed by atoms with Gasteiger partial charge in [-0.2, -0.15) is 10.5 Å². The minimum Gasteiger partial charge on any atom is -0.312 e. The summed E-state index contributed by atoms with van der Waals surface area (Å²) in [7, 11) is 0. The molecule has 0 saturated carbocycles. The molecule has 2 heterocycles. The molecule has 2 unspecified atom stereocenters. The van der Waals surface area contributed by atoms with Gasteiger partial charge in [-0.05, 0) is 85.8 Å². The van der Waals surface area contributed by atoms with Crippen LogP contribution < -0.4 is 10.6 Å². The molecule has 8 heteroatoms. The van der Waals surface area contributed by atoms with E-state index in [9.17, 15) is 20.1 Å². The largest absolute Gasteiger partial charge is 0.312 e. The number of nitrogens with one attached hydrogen (secondary N) is 2. The van der Waals surface area contributed by atoms with Crippen molar-refractivity contribution < 1.29 is 9.59 Å². The first kappa shape index (κ1) is 24.2. The fourth-order valence-corrected chi connectivity index (χ4v) is 7.75. The fraction of sp³-hybridized carbons (Fsp3) is 0.357. The third-order valence-corrected chi connectivity index (χ3v) is 9.45. The Kier molecular flexibility index (Phi) is 6.66. The Morgan fingerprint density at radius 3 is 1.53 bits per heavy atom. The molecule has 0 radical (unpaired) electrons. The van der Waals surface area contributed by atoms with Crippen molar-refractivity contribution in [1.29, 1.82) is 10.5 Å². The van der Waals surface area contributed by atoms with E-state index in [0.717, 1.165) is 49.7 Å². The van der Waals surface area contributed by atoms with Gasteiger partial charge in [0.15, 0.2) is 0 Å². The minimum atomic E-state index is -0.308. The molecule has 2 aromatic heterocycles. The van der Waals surface area contributed by atoms with Crippen molar-refractivity contribution in [3.05, 3.63) is 67.4 Å². The number of carbonyl (C=O) groups is 2. The Morgan fingerprint density at radius 1 is 0.778 bits per heavy atom. The second-order valence-corrected chi connectivity index (χ2v) is 12.0. The maximum absolute atomic E-state index is 12.9. The van der Waals surface area contributed by atoms with Crippen molar-refractivity contribution in [2.24, 2.45) is 11.8 Å². The molecule has 2 amide bonds. The van der Waals surface area contributed by atoms with Gasteiger partial charge < -0.3 is 10.6 Å². The molecule has 3 aromatic rings. The number of anilines is 2. The van der Waals surface area contributed by atoms with E-state index in [4.69, 9.17) is 0 Å². The van der Waals surface area contributed by atoms with Gasteiger partial charge in [0.05, 0.1) is 11.1 Å². The topological polar surface area (TPSA) is 106 Å². The summed E-state index contributed by atoms with van der Waals surface area (Å²) in [5.74, 6) is 0.545. The molecule has 0 fully saturated rings. The Morgan fingerprint density at radius 2 is 1.17 bits per heavy atom. The first-order chi connectivity index (χ1) is 17.4. The smallest absolute Gasteiger partial charge is 0.256 e. The second-order valence-electron chi connectivity index (χ2n) is 9.82. The van der Waals surface area contributed by atoms with Crippen molar-refractivity contribution in [2.75, 3.05) is 10.6 Å². The molecule has 2 atom stereocenters. The van der Waals surface area contributed by atoms with Gasteiger partial charge in [0, 0.05) is 20.9 Å². The number of amides is 2. The molecule has 2 aliphatic carbocycles. The van der Waals surface area contributed by atoms with Crippen molar-refractivity contribution >= 4 is 44.5 Å². The summed E-state index contributed by atoms with van der Waals surface area (Å²) in [6.45, 7) is 4.41. The lowest BCUT2D eigenvalue weighted by atomic mass is 9.88. The van der Waals surface area contributed by atoms with E-state index in [0.29, 0.717) is 44.1 Å². The number of hydrogen-bond acceptors (Lipinski definition) is 6. The van der Waals surface area contributed by atoms with E-state index in [2.05, 4.69) is 36.6 Å². The number of benzene rings is 1. The van der Waals surface area contributed by atoms with E-state index in [1.165, 1.54) is 32.4 Å². The molecule has 6 nitrogen and oxygen atoms in total. The number of thiophene rings is 2. The highest BCUT2D eigenvalue weighted by Crippen LogP contribution is 2.40. The van der Waals surface area contributed by atoms with Crippen LogP contribution >= 0.6 is 22.7 Å². The lowest BCUT2D eigenvalue weighted by Crippen LogP contribution is -2.14. The first-order valence-electron chi connectivity index (χ1n) is 12.2. The van der Waals surface area contributed by atoms with Gasteiger partial charge in [0.25, 0.3) is 11.8 Å². The second kappa shape index (κ2) is 9.89. The van der Waals surface area contributed by atoms with E-state index in [1.54, 1.807) is 24.3 Å². The predicted molar refractivity (Wildman–Crippen MR) is 143 cm³/mol. The van der Waals surface area contributed by atoms with E-state index < -0.39 is 0 Å². The van der Waals surface area contributed by atoms with Crippen LogP contribution in [0.15, 0.2) is 24.3 Å². The highest BCUT2D eigenvalue weighted by atomic mass is 32.1. The number of nitrogens with zero attached hydrogens (tertiary/aromatic N) is 2. The summed E-state index contributed by atoms with van der Waals surface area (Å²) in [4.78, 5) is 28.2. The van der Waals surface area contributed by atoms with E-state index in [1.807, 2.05) is 0 Å². The molecular formula is C28H26N4O2S2. The molecule has 2 aliphatic rings. The number of carbonyl (C=O) groups excluding carboxylic acids is 2. The Bertz CT molecular complexity index is 1330. The number of hydrogen-bond donors (Lipinski definition) is 2. The summed E-state index contributed by atoms with van der Waals surface area (Å²) in [5, 5.41) is 26.4. The van der Waals surface area contributed by atoms with Gasteiger partial charge >= 0.3 is 0 Å². The van der Waals surface area contributed by atoms with Crippen LogP contribution in [-0.4, -0.2) is 11.8 Å². The van der Waals surface area contributed by atoms with Gasteiger partial charge in [-0.25, -0.2) is 0 Å². The van der Waals surface area contributed by atoms with E-state index in [-0.39, 0.29) is 11.8 Å². The van der Waals surface area contributed by atoms with Crippen molar-refractivity contribution in [3.8, 4) is 12.1 Å². The van der Waals surface area contributed by atoms with Gasteiger partial charge in [-0.3, -0.25) is 9.59 Å². The average Bonchev–Trinajstić information content (AvgIpc) is 3.39. The summed E-state index contributed by atoms with van der Waals surface area (Å²) in [6.07, 6.45) is 5.73. The first-order valence-corrected chi connectivity index (χ1v) is 13.8. The molecule has 36 heavy (non-hydrogen) atoms. The maximum atomic E-state index is 12.9. The van der Waals surface area contributed by atoms with Crippen LogP contribution in [0.3, 0.4) is 0 Å². The van der Waals surface area contributed by atoms with Crippen LogP contribution in [0, 0.1) is 34.5 Å². The number of rotatable bonds is 4. The lowest BCUT2D eigenvalue weighted by Gasteiger charge is -2.17. The summed E-state index contributed by atoms with van der Waals surface area (Å²) < 4.78 is 0. The minimum absolute atomic E-state index is 0.308. The summed E-state index contributed by atoms with van der Waals surface area (Å²) in [6, 6.07) is 11.0. The summed E-state index contributed by atoms with van der Waals surface area (Å²) in [5.41, 5.74) is 4.12.